The van der Waals surface area contributed by atoms with Crippen LogP contribution in [0, 0.1) is 0 Å². The summed E-state index contributed by atoms with van der Waals surface area (Å²) in [6.07, 6.45) is -5.20. The fraction of sp³-hybridized carbons (Fsp3) is 0.462. The van der Waals surface area contributed by atoms with Crippen molar-refractivity contribution >= 4 is 5.97 Å². The Morgan fingerprint density at radius 1 is 1.32 bits per heavy atom. The van der Waals surface area contributed by atoms with Gasteiger partial charge >= 0.3 is 12.1 Å². The van der Waals surface area contributed by atoms with Crippen LogP contribution in [0.4, 0.5) is 13.2 Å². The molecule has 6 heteroatoms. The van der Waals surface area contributed by atoms with E-state index in [0.717, 1.165) is 5.56 Å². The van der Waals surface area contributed by atoms with Crippen LogP contribution in [0.3, 0.4) is 0 Å². The number of ether oxygens (including phenoxy) is 1. The third kappa shape index (κ3) is 5.74. The van der Waals surface area contributed by atoms with E-state index in [0.29, 0.717) is 0 Å². The number of esters is 1. The normalized spacial score (nSPS) is 13.1. The van der Waals surface area contributed by atoms with Crippen LogP contribution >= 0.6 is 0 Å². The molecule has 0 aliphatic rings. The minimum absolute atomic E-state index is 0.0461. The summed E-state index contributed by atoms with van der Waals surface area (Å²) in [5.41, 5.74) is 0.723. The molecule has 3 nitrogen and oxygen atoms in total. The van der Waals surface area contributed by atoms with Crippen molar-refractivity contribution in [3.8, 4) is 0 Å². The van der Waals surface area contributed by atoms with E-state index in [1.165, 1.54) is 0 Å². The maximum absolute atomic E-state index is 12.8. The molecule has 0 saturated carbocycles. The number of hydrogen-bond donors (Lipinski definition) is 1. The second-order valence-electron chi connectivity index (χ2n) is 3.97. The molecule has 0 saturated heterocycles. The molecule has 0 aliphatic heterocycles. The van der Waals surface area contributed by atoms with Crippen LogP contribution in [0.2, 0.25) is 0 Å². The van der Waals surface area contributed by atoms with Crippen LogP contribution < -0.4 is 5.32 Å². The zero-order chi connectivity index (χ0) is 14.3. The van der Waals surface area contributed by atoms with Crippen molar-refractivity contribution in [2.45, 2.75) is 32.1 Å². The van der Waals surface area contributed by atoms with E-state index in [-0.39, 0.29) is 13.2 Å². The molecule has 1 aromatic carbocycles. The molecule has 0 aromatic heterocycles. The minimum atomic E-state index is -4.48. The number of nitrogens with one attached hydrogen (secondary N) is 1. The van der Waals surface area contributed by atoms with Crippen LogP contribution in [-0.4, -0.2) is 24.8 Å². The Bertz CT molecular complexity index is 393. The zero-order valence-electron chi connectivity index (χ0n) is 10.5. The molecule has 1 aromatic rings. The highest BCUT2D eigenvalue weighted by Crippen LogP contribution is 2.23. The van der Waals surface area contributed by atoms with E-state index >= 15 is 0 Å². The van der Waals surface area contributed by atoms with Gasteiger partial charge in [-0.05, 0) is 12.5 Å². The van der Waals surface area contributed by atoms with Gasteiger partial charge in [0.15, 0.2) is 0 Å². The molecule has 19 heavy (non-hydrogen) atoms. The summed E-state index contributed by atoms with van der Waals surface area (Å²) in [6.45, 7) is 1.67. The summed E-state index contributed by atoms with van der Waals surface area (Å²) in [4.78, 5) is 11.1. The van der Waals surface area contributed by atoms with E-state index in [1.54, 1.807) is 37.3 Å². The summed E-state index contributed by atoms with van der Waals surface area (Å²) in [5, 5.41) is 2.34. The Morgan fingerprint density at radius 2 is 1.95 bits per heavy atom. The summed E-state index contributed by atoms with van der Waals surface area (Å²) in [5.74, 6) is -0.856. The van der Waals surface area contributed by atoms with Gasteiger partial charge in [-0.1, -0.05) is 30.3 Å². The first-order chi connectivity index (χ1) is 8.93. The largest absolute Gasteiger partial charge is 0.466 e. The summed E-state index contributed by atoms with van der Waals surface area (Å²) in [7, 11) is 0. The van der Waals surface area contributed by atoms with Gasteiger partial charge in [-0.15, -0.1) is 0 Å². The number of benzene rings is 1. The maximum Gasteiger partial charge on any atom is 0.404 e. The first kappa shape index (κ1) is 15.5. The van der Waals surface area contributed by atoms with E-state index in [9.17, 15) is 18.0 Å². The standard InChI is InChI=1S/C13H16F3NO2/c1-2-19-12(18)8-11(13(14,15)16)17-9-10-6-4-3-5-7-10/h3-7,11,17H,2,8-9H2,1H3/t11-/m1/s1. The lowest BCUT2D eigenvalue weighted by Gasteiger charge is -2.20. The molecular formula is C13H16F3NO2. The van der Waals surface area contributed by atoms with Crippen molar-refractivity contribution < 1.29 is 22.7 Å². The van der Waals surface area contributed by atoms with Gasteiger partial charge in [0.25, 0.3) is 0 Å². The number of carbonyl (C=O) groups excluding carboxylic acids is 1. The van der Waals surface area contributed by atoms with Crippen molar-refractivity contribution in [2.24, 2.45) is 0 Å². The third-order valence-electron chi connectivity index (χ3n) is 2.47. The van der Waals surface area contributed by atoms with Crippen molar-refractivity contribution in [3.05, 3.63) is 35.9 Å². The predicted molar refractivity (Wildman–Crippen MR) is 64.4 cm³/mol. The Labute approximate surface area is 109 Å². The zero-order valence-corrected chi connectivity index (χ0v) is 10.5. The van der Waals surface area contributed by atoms with Gasteiger partial charge in [-0.2, -0.15) is 13.2 Å². The highest BCUT2D eigenvalue weighted by molar-refractivity contribution is 5.70. The molecule has 0 aliphatic carbocycles. The van der Waals surface area contributed by atoms with Crippen LogP contribution in [-0.2, 0) is 16.1 Å². The van der Waals surface area contributed by atoms with Gasteiger partial charge < -0.3 is 10.1 Å². The van der Waals surface area contributed by atoms with Gasteiger partial charge in [0.2, 0.25) is 0 Å². The summed E-state index contributed by atoms with van der Waals surface area (Å²) < 4.78 is 42.8. The topological polar surface area (TPSA) is 38.3 Å². The Kier molecular flexibility index (Phi) is 5.82. The van der Waals surface area contributed by atoms with Gasteiger partial charge in [0, 0.05) is 6.54 Å². The highest BCUT2D eigenvalue weighted by atomic mass is 19.4. The minimum Gasteiger partial charge on any atom is -0.466 e. The van der Waals surface area contributed by atoms with E-state index < -0.39 is 24.6 Å². The van der Waals surface area contributed by atoms with Crippen LogP contribution in [0.15, 0.2) is 30.3 Å². The molecule has 0 unspecified atom stereocenters. The average Bonchev–Trinajstić information content (AvgIpc) is 2.34. The SMILES string of the molecule is CCOC(=O)C[C@@H](NCc1ccccc1)C(F)(F)F. The Morgan fingerprint density at radius 3 is 2.47 bits per heavy atom. The third-order valence-corrected chi connectivity index (χ3v) is 2.47. The lowest BCUT2D eigenvalue weighted by atomic mass is 10.1. The second-order valence-corrected chi connectivity index (χ2v) is 3.97. The molecule has 1 rings (SSSR count). The second kappa shape index (κ2) is 7.13. The van der Waals surface area contributed by atoms with E-state index in [1.807, 2.05) is 0 Å². The number of halogens is 3. The lowest BCUT2D eigenvalue weighted by Crippen LogP contribution is -2.43. The molecule has 0 heterocycles. The lowest BCUT2D eigenvalue weighted by molar-refractivity contribution is -0.169. The first-order valence-electron chi connectivity index (χ1n) is 5.93. The smallest absolute Gasteiger partial charge is 0.404 e. The fourth-order valence-corrected chi connectivity index (χ4v) is 1.53. The number of alkyl halides is 3. The quantitative estimate of drug-likeness (QED) is 0.811. The Hall–Kier alpha value is -1.56. The Balaban J connectivity index is 2.58. The molecule has 0 radical (unpaired) electrons. The first-order valence-corrected chi connectivity index (χ1v) is 5.93. The number of hydrogen-bond acceptors (Lipinski definition) is 3. The predicted octanol–water partition coefficient (Wildman–Crippen LogP) is 2.66. The van der Waals surface area contributed by atoms with Crippen LogP contribution in [0.25, 0.3) is 0 Å². The monoisotopic (exact) mass is 275 g/mol. The summed E-state index contributed by atoms with van der Waals surface area (Å²) >= 11 is 0. The number of rotatable bonds is 6. The van der Waals surface area contributed by atoms with Crippen molar-refractivity contribution in [1.29, 1.82) is 0 Å². The molecule has 0 amide bonds. The van der Waals surface area contributed by atoms with Crippen molar-refractivity contribution in [1.82, 2.24) is 5.32 Å². The van der Waals surface area contributed by atoms with Crippen LogP contribution in [0.5, 0.6) is 0 Å². The van der Waals surface area contributed by atoms with E-state index in [4.69, 9.17) is 0 Å². The van der Waals surface area contributed by atoms with Gasteiger partial charge in [0.1, 0.15) is 6.04 Å². The van der Waals surface area contributed by atoms with Gasteiger partial charge in [0.05, 0.1) is 13.0 Å². The number of carbonyl (C=O) groups is 1. The van der Waals surface area contributed by atoms with Crippen molar-refractivity contribution in [2.75, 3.05) is 6.61 Å². The molecule has 106 valence electrons. The molecular weight excluding hydrogens is 259 g/mol. The summed E-state index contributed by atoms with van der Waals surface area (Å²) in [6, 6.07) is 6.79. The maximum atomic E-state index is 12.8. The fourth-order valence-electron chi connectivity index (χ4n) is 1.53. The molecule has 0 bridgehead atoms. The molecule has 0 spiro atoms. The van der Waals surface area contributed by atoms with Gasteiger partial charge in [-0.25, -0.2) is 0 Å². The van der Waals surface area contributed by atoms with Crippen LogP contribution in [0.1, 0.15) is 18.9 Å². The highest BCUT2D eigenvalue weighted by Gasteiger charge is 2.40. The molecule has 1 N–H and O–H groups in total. The molecule has 0 fully saturated rings. The van der Waals surface area contributed by atoms with E-state index in [2.05, 4.69) is 10.1 Å². The average molecular weight is 275 g/mol. The molecule has 1 atom stereocenters. The van der Waals surface area contributed by atoms with Crippen molar-refractivity contribution in [3.63, 3.8) is 0 Å². The van der Waals surface area contributed by atoms with Gasteiger partial charge in [-0.3, -0.25) is 4.79 Å².